The summed E-state index contributed by atoms with van der Waals surface area (Å²) >= 11 is 1.56. The Kier molecular flexibility index (Phi) is 7.99. The van der Waals surface area contributed by atoms with E-state index in [9.17, 15) is 4.79 Å². The van der Waals surface area contributed by atoms with E-state index in [1.165, 1.54) is 4.88 Å². The summed E-state index contributed by atoms with van der Waals surface area (Å²) in [5, 5.41) is 15.1. The molecule has 2 aliphatic rings. The number of aromatic nitrogens is 4. The van der Waals surface area contributed by atoms with Crippen molar-refractivity contribution in [3.8, 4) is 0 Å². The van der Waals surface area contributed by atoms with Crippen molar-refractivity contribution in [2.75, 3.05) is 31.5 Å². The second-order valence-electron chi connectivity index (χ2n) is 6.53. The first kappa shape index (κ1) is 22.0. The minimum atomic E-state index is -0.237. The highest BCUT2D eigenvalue weighted by atomic mass is 35.5. The summed E-state index contributed by atoms with van der Waals surface area (Å²) in [5.74, 6) is -0.237. The van der Waals surface area contributed by atoms with Crippen molar-refractivity contribution in [2.45, 2.75) is 38.8 Å². The van der Waals surface area contributed by atoms with E-state index in [1.54, 1.807) is 17.5 Å². The summed E-state index contributed by atoms with van der Waals surface area (Å²) in [4.78, 5) is 20.7. The van der Waals surface area contributed by atoms with Gasteiger partial charge in [-0.05, 0) is 32.5 Å². The highest BCUT2D eigenvalue weighted by Crippen LogP contribution is 2.28. The van der Waals surface area contributed by atoms with Crippen LogP contribution in [0.25, 0.3) is 0 Å². The number of amides is 1. The van der Waals surface area contributed by atoms with Gasteiger partial charge in [-0.25, -0.2) is 9.67 Å². The second-order valence-corrected chi connectivity index (χ2v) is 7.61. The van der Waals surface area contributed by atoms with Gasteiger partial charge in [0.2, 0.25) is 0 Å². The van der Waals surface area contributed by atoms with Crippen LogP contribution in [0.3, 0.4) is 0 Å². The van der Waals surface area contributed by atoms with Gasteiger partial charge in [-0.3, -0.25) is 15.0 Å². The number of carbonyl (C=O) groups is 1. The number of fused-ring (bicyclic) bond motifs is 1. The molecule has 2 aliphatic heterocycles. The van der Waals surface area contributed by atoms with E-state index in [0.717, 1.165) is 57.7 Å². The molecule has 2 N–H and O–H groups in total. The molecular weight excluding hydrogens is 409 g/mol. The summed E-state index contributed by atoms with van der Waals surface area (Å²) in [6, 6.07) is 0.322. The predicted molar refractivity (Wildman–Crippen MR) is 110 cm³/mol. The Bertz CT molecular complexity index is 760. The van der Waals surface area contributed by atoms with Gasteiger partial charge in [0.15, 0.2) is 10.8 Å². The van der Waals surface area contributed by atoms with Crippen LogP contribution >= 0.6 is 36.2 Å². The van der Waals surface area contributed by atoms with E-state index in [0.29, 0.717) is 16.9 Å². The number of carbonyl (C=O) groups excluding carboxylic acids is 1. The molecule has 0 atom stereocenters. The molecule has 0 radical (unpaired) electrons. The molecule has 1 fully saturated rings. The first-order valence-corrected chi connectivity index (χ1v) is 9.69. The molecule has 8 nitrogen and oxygen atoms in total. The Morgan fingerprint density at radius 1 is 1.37 bits per heavy atom. The molecule has 1 amide bonds. The van der Waals surface area contributed by atoms with Crippen LogP contribution in [-0.2, 0) is 13.0 Å². The smallest absolute Gasteiger partial charge is 0.279 e. The van der Waals surface area contributed by atoms with E-state index >= 15 is 0 Å². The van der Waals surface area contributed by atoms with Crippen molar-refractivity contribution in [2.24, 2.45) is 0 Å². The van der Waals surface area contributed by atoms with Gasteiger partial charge < -0.3 is 5.32 Å². The molecule has 27 heavy (non-hydrogen) atoms. The number of nitrogens with one attached hydrogen (secondary N) is 2. The normalized spacial score (nSPS) is 17.5. The van der Waals surface area contributed by atoms with Crippen LogP contribution in [-0.4, -0.2) is 57.0 Å². The largest absolute Gasteiger partial charge is 0.317 e. The molecule has 4 rings (SSSR count). The van der Waals surface area contributed by atoms with Crippen LogP contribution in [0.2, 0.25) is 0 Å². The average molecular weight is 434 g/mol. The molecule has 11 heteroatoms. The molecule has 0 aromatic carbocycles. The summed E-state index contributed by atoms with van der Waals surface area (Å²) in [7, 11) is 0. The third-order valence-corrected chi connectivity index (χ3v) is 5.90. The monoisotopic (exact) mass is 433 g/mol. The van der Waals surface area contributed by atoms with Crippen LogP contribution < -0.4 is 10.6 Å². The zero-order valence-electron chi connectivity index (χ0n) is 15.2. The van der Waals surface area contributed by atoms with E-state index in [2.05, 4.69) is 37.8 Å². The molecule has 0 spiro atoms. The van der Waals surface area contributed by atoms with E-state index in [1.807, 2.05) is 4.68 Å². The van der Waals surface area contributed by atoms with E-state index < -0.39 is 0 Å². The number of hydrogen-bond donors (Lipinski definition) is 2. The molecule has 2 aromatic rings. The molecule has 1 saturated heterocycles. The molecule has 0 bridgehead atoms. The first-order chi connectivity index (χ1) is 12.2. The maximum atomic E-state index is 12.5. The minimum absolute atomic E-state index is 0. The Hall–Kier alpha value is -1.26. The van der Waals surface area contributed by atoms with E-state index in [-0.39, 0.29) is 30.7 Å². The van der Waals surface area contributed by atoms with Crippen molar-refractivity contribution in [3.63, 3.8) is 0 Å². The third-order valence-electron chi connectivity index (χ3n) is 4.90. The highest BCUT2D eigenvalue weighted by Gasteiger charge is 2.22. The van der Waals surface area contributed by atoms with Gasteiger partial charge in [-0.2, -0.15) is 0 Å². The van der Waals surface area contributed by atoms with Gasteiger partial charge in [0.1, 0.15) is 0 Å². The van der Waals surface area contributed by atoms with Gasteiger partial charge >= 0.3 is 0 Å². The lowest BCUT2D eigenvalue weighted by Gasteiger charge is -2.23. The van der Waals surface area contributed by atoms with Crippen LogP contribution in [0.15, 0.2) is 6.20 Å². The molecule has 0 saturated carbocycles. The standard InChI is InChI=1S/C16H23N7OS.2ClH/c1-2-22-8-5-12-14(10-22)25-16(18-12)19-15(24)13-9-23(21-20-13)11-3-6-17-7-4-11;;/h9,11,17H,2-8,10H2,1H3,(H,18,19,24);2*1H. The van der Waals surface area contributed by atoms with Crippen molar-refractivity contribution >= 4 is 47.2 Å². The minimum Gasteiger partial charge on any atom is -0.317 e. The lowest BCUT2D eigenvalue weighted by Crippen LogP contribution is -2.29. The first-order valence-electron chi connectivity index (χ1n) is 8.87. The Balaban J connectivity index is 0.00000131. The summed E-state index contributed by atoms with van der Waals surface area (Å²) in [6.45, 7) is 7.12. The maximum Gasteiger partial charge on any atom is 0.279 e. The van der Waals surface area contributed by atoms with Crippen LogP contribution in [0, 0.1) is 0 Å². The molecule has 4 heterocycles. The van der Waals surface area contributed by atoms with E-state index in [4.69, 9.17) is 0 Å². The molecule has 0 aliphatic carbocycles. The van der Waals surface area contributed by atoms with Crippen molar-refractivity contribution in [3.05, 3.63) is 22.5 Å². The molecule has 150 valence electrons. The van der Waals surface area contributed by atoms with Crippen molar-refractivity contribution in [1.29, 1.82) is 0 Å². The Morgan fingerprint density at radius 3 is 2.89 bits per heavy atom. The number of rotatable bonds is 4. The lowest BCUT2D eigenvalue weighted by atomic mass is 10.1. The number of hydrogen-bond acceptors (Lipinski definition) is 7. The van der Waals surface area contributed by atoms with Crippen LogP contribution in [0.5, 0.6) is 0 Å². The van der Waals surface area contributed by atoms with Gasteiger partial charge in [-0.1, -0.05) is 12.1 Å². The molecular formula is C16H25Cl2N7OS. The fourth-order valence-electron chi connectivity index (χ4n) is 3.36. The number of halogens is 2. The van der Waals surface area contributed by atoms with Gasteiger partial charge in [-0.15, -0.1) is 41.2 Å². The zero-order valence-corrected chi connectivity index (χ0v) is 17.6. The van der Waals surface area contributed by atoms with Gasteiger partial charge in [0.05, 0.1) is 17.9 Å². The maximum absolute atomic E-state index is 12.5. The third kappa shape index (κ3) is 4.97. The number of thiazole rings is 1. The summed E-state index contributed by atoms with van der Waals surface area (Å²) < 4.78 is 1.82. The number of anilines is 1. The SMILES string of the molecule is CCN1CCc2nc(NC(=O)c3cn(C4CCNCC4)nn3)sc2C1.Cl.Cl. The van der Waals surface area contributed by atoms with Gasteiger partial charge in [0.25, 0.3) is 5.91 Å². The fourth-order valence-corrected chi connectivity index (χ4v) is 4.41. The quantitative estimate of drug-likeness (QED) is 0.767. The van der Waals surface area contributed by atoms with Crippen LogP contribution in [0.1, 0.15) is 46.9 Å². The van der Waals surface area contributed by atoms with Crippen molar-refractivity contribution in [1.82, 2.24) is 30.2 Å². The molecule has 0 unspecified atom stereocenters. The zero-order chi connectivity index (χ0) is 17.2. The van der Waals surface area contributed by atoms with Crippen LogP contribution in [0.4, 0.5) is 5.13 Å². The number of piperidine rings is 1. The topological polar surface area (TPSA) is 88.0 Å². The second kappa shape index (κ2) is 9.79. The average Bonchev–Trinajstić information content (AvgIpc) is 3.28. The highest BCUT2D eigenvalue weighted by molar-refractivity contribution is 7.15. The number of likely N-dealkylation sites (N-methyl/N-ethyl adjacent to an activating group) is 1. The fraction of sp³-hybridized carbons (Fsp3) is 0.625. The summed E-state index contributed by atoms with van der Waals surface area (Å²) in [5.41, 5.74) is 1.46. The lowest BCUT2D eigenvalue weighted by molar-refractivity contribution is 0.102. The Morgan fingerprint density at radius 2 is 2.15 bits per heavy atom. The predicted octanol–water partition coefficient (Wildman–Crippen LogP) is 2.13. The number of nitrogens with zero attached hydrogens (tertiary/aromatic N) is 5. The van der Waals surface area contributed by atoms with Gasteiger partial charge in [0, 0.05) is 24.4 Å². The molecule has 2 aromatic heterocycles. The summed E-state index contributed by atoms with van der Waals surface area (Å²) in [6.07, 6.45) is 4.72. The Labute approximate surface area is 174 Å². The van der Waals surface area contributed by atoms with Crippen molar-refractivity contribution < 1.29 is 4.79 Å².